The van der Waals surface area contributed by atoms with Crippen molar-refractivity contribution in [3.05, 3.63) is 35.4 Å². The maximum atomic E-state index is 12.7. The van der Waals surface area contributed by atoms with Crippen molar-refractivity contribution >= 4 is 12.0 Å². The molecular weight excluding hydrogens is 338 g/mol. The highest BCUT2D eigenvalue weighted by molar-refractivity contribution is 5.89. The summed E-state index contributed by atoms with van der Waals surface area (Å²) < 4.78 is 15.8. The van der Waals surface area contributed by atoms with Gasteiger partial charge in [-0.2, -0.15) is 0 Å². The minimum Gasteiger partial charge on any atom is -0.493 e. The molecule has 2 fully saturated rings. The van der Waals surface area contributed by atoms with Gasteiger partial charge >= 0.3 is 6.09 Å². The van der Waals surface area contributed by atoms with Crippen molar-refractivity contribution in [2.75, 3.05) is 47.0 Å². The Hall–Kier alpha value is -2.48. The minimum absolute atomic E-state index is 0.0696. The van der Waals surface area contributed by atoms with Gasteiger partial charge in [-0.05, 0) is 6.92 Å². The predicted octanol–water partition coefficient (Wildman–Crippen LogP) is 0.833. The summed E-state index contributed by atoms with van der Waals surface area (Å²) in [5.74, 6) is 0.843. The molecule has 0 aromatic carbocycles. The van der Waals surface area contributed by atoms with Crippen LogP contribution in [0.4, 0.5) is 4.79 Å². The van der Waals surface area contributed by atoms with Crippen molar-refractivity contribution in [3.63, 3.8) is 0 Å². The Morgan fingerprint density at radius 3 is 2.54 bits per heavy atom. The molecule has 26 heavy (non-hydrogen) atoms. The zero-order valence-electron chi connectivity index (χ0n) is 15.4. The number of hydrogen-bond acceptors (Lipinski definition) is 6. The van der Waals surface area contributed by atoms with E-state index in [1.165, 1.54) is 0 Å². The first-order valence-corrected chi connectivity index (χ1v) is 8.71. The molecule has 2 saturated heterocycles. The Labute approximate surface area is 153 Å². The summed E-state index contributed by atoms with van der Waals surface area (Å²) in [5, 5.41) is 2.94. The van der Waals surface area contributed by atoms with Crippen molar-refractivity contribution in [1.82, 2.24) is 15.1 Å². The summed E-state index contributed by atoms with van der Waals surface area (Å²) in [4.78, 5) is 28.3. The normalized spacial score (nSPS) is 26.3. The first kappa shape index (κ1) is 18.3. The van der Waals surface area contributed by atoms with E-state index in [0.29, 0.717) is 44.3 Å². The van der Waals surface area contributed by atoms with E-state index in [9.17, 15) is 9.59 Å². The van der Waals surface area contributed by atoms with E-state index < -0.39 is 0 Å². The quantitative estimate of drug-likeness (QED) is 0.797. The lowest BCUT2D eigenvalue weighted by Gasteiger charge is -2.39. The predicted molar refractivity (Wildman–Crippen MR) is 93.9 cm³/mol. The molecule has 0 radical (unpaired) electrons. The lowest BCUT2D eigenvalue weighted by atomic mass is 9.86. The van der Waals surface area contributed by atoms with Gasteiger partial charge in [-0.25, -0.2) is 4.79 Å². The molecule has 0 bridgehead atoms. The average Bonchev–Trinajstić information content (AvgIpc) is 2.98. The molecule has 2 aliphatic heterocycles. The molecule has 0 aromatic heterocycles. The summed E-state index contributed by atoms with van der Waals surface area (Å²) in [6.45, 7) is 8.53. The number of ether oxygens (including phenoxy) is 3. The largest absolute Gasteiger partial charge is 0.493 e. The third-order valence-corrected chi connectivity index (χ3v) is 5.02. The maximum Gasteiger partial charge on any atom is 0.409 e. The van der Waals surface area contributed by atoms with E-state index in [1.807, 2.05) is 0 Å². The number of rotatable bonds is 4. The summed E-state index contributed by atoms with van der Waals surface area (Å²) in [6, 6.07) is -0.373. The van der Waals surface area contributed by atoms with Gasteiger partial charge in [0.1, 0.15) is 6.04 Å². The molecular formula is C18H25N3O5. The van der Waals surface area contributed by atoms with Crippen molar-refractivity contribution in [2.24, 2.45) is 5.92 Å². The fraction of sp³-hybridized carbons (Fsp3) is 0.556. The van der Waals surface area contributed by atoms with Crippen LogP contribution in [0.1, 0.15) is 6.92 Å². The molecule has 8 nitrogen and oxygen atoms in total. The zero-order valence-corrected chi connectivity index (χ0v) is 15.4. The van der Waals surface area contributed by atoms with Gasteiger partial charge in [0.2, 0.25) is 5.91 Å². The molecule has 8 heteroatoms. The summed E-state index contributed by atoms with van der Waals surface area (Å²) in [7, 11) is 3.12. The molecule has 2 atom stereocenters. The van der Waals surface area contributed by atoms with Crippen molar-refractivity contribution in [2.45, 2.75) is 13.0 Å². The third-order valence-electron chi connectivity index (χ3n) is 5.02. The van der Waals surface area contributed by atoms with Crippen molar-refractivity contribution < 1.29 is 23.8 Å². The monoisotopic (exact) mass is 363 g/mol. The minimum atomic E-state index is -0.373. The standard InChI is InChI=1S/C18H25N3O5/c1-5-26-18(23)21-8-6-20(7-9-21)15-14-11(2)16(25-4)13(24-3)10-12(14)19-17(15)22/h10,14-15H,2,5-9H2,1,3-4H3,(H,19,22). The molecule has 2 heterocycles. The summed E-state index contributed by atoms with van der Waals surface area (Å²) >= 11 is 0. The molecule has 1 aliphatic carbocycles. The first-order chi connectivity index (χ1) is 12.5. The Kier molecular flexibility index (Phi) is 5.22. The second-order valence-corrected chi connectivity index (χ2v) is 6.36. The number of allylic oxidation sites excluding steroid dienone is 2. The molecule has 2 unspecified atom stereocenters. The second-order valence-electron chi connectivity index (χ2n) is 6.36. The van der Waals surface area contributed by atoms with Crippen LogP contribution in [0.15, 0.2) is 35.4 Å². The molecule has 0 spiro atoms. The molecule has 3 aliphatic rings. The molecule has 142 valence electrons. The van der Waals surface area contributed by atoms with Crippen LogP contribution in [0.3, 0.4) is 0 Å². The van der Waals surface area contributed by atoms with Crippen LogP contribution in [0, 0.1) is 5.92 Å². The van der Waals surface area contributed by atoms with Gasteiger partial charge in [-0.1, -0.05) is 6.58 Å². The van der Waals surface area contributed by atoms with E-state index in [-0.39, 0.29) is 24.0 Å². The van der Waals surface area contributed by atoms with Gasteiger partial charge in [0, 0.05) is 43.5 Å². The fourth-order valence-corrected chi connectivity index (χ4v) is 3.78. The molecule has 0 aromatic rings. The Balaban J connectivity index is 1.75. The van der Waals surface area contributed by atoms with Gasteiger partial charge in [-0.15, -0.1) is 0 Å². The highest BCUT2D eigenvalue weighted by Gasteiger charge is 2.47. The number of carbonyl (C=O) groups is 2. The highest BCUT2D eigenvalue weighted by Crippen LogP contribution is 2.40. The number of piperazine rings is 1. The van der Waals surface area contributed by atoms with Crippen LogP contribution in [-0.4, -0.2) is 74.8 Å². The van der Waals surface area contributed by atoms with E-state index >= 15 is 0 Å². The lowest BCUT2D eigenvalue weighted by molar-refractivity contribution is -0.124. The van der Waals surface area contributed by atoms with Gasteiger partial charge in [0.05, 0.1) is 26.7 Å². The molecule has 3 rings (SSSR count). The summed E-state index contributed by atoms with van der Waals surface area (Å²) in [6.07, 6.45) is 1.49. The summed E-state index contributed by atoms with van der Waals surface area (Å²) in [5.41, 5.74) is 1.49. The number of amides is 2. The molecule has 1 N–H and O–H groups in total. The third kappa shape index (κ3) is 3.05. The number of nitrogens with zero attached hydrogens (tertiary/aromatic N) is 2. The smallest absolute Gasteiger partial charge is 0.409 e. The Morgan fingerprint density at radius 2 is 1.96 bits per heavy atom. The highest BCUT2D eigenvalue weighted by atomic mass is 16.6. The van der Waals surface area contributed by atoms with E-state index in [2.05, 4.69) is 16.8 Å². The van der Waals surface area contributed by atoms with Crippen LogP contribution in [-0.2, 0) is 19.0 Å². The van der Waals surface area contributed by atoms with Crippen LogP contribution in [0.25, 0.3) is 0 Å². The SMILES string of the molecule is C=C1C(OC)=C(OC)C=C2NC(=O)C(N3CCN(C(=O)OCC)CC3)C12. The van der Waals surface area contributed by atoms with Crippen LogP contribution in [0.2, 0.25) is 0 Å². The maximum absolute atomic E-state index is 12.7. The number of methoxy groups -OCH3 is 2. The van der Waals surface area contributed by atoms with Gasteiger partial charge in [0.25, 0.3) is 0 Å². The van der Waals surface area contributed by atoms with Crippen molar-refractivity contribution in [1.29, 1.82) is 0 Å². The van der Waals surface area contributed by atoms with Gasteiger partial charge < -0.3 is 24.4 Å². The number of nitrogens with one attached hydrogen (secondary N) is 1. The van der Waals surface area contributed by atoms with Crippen LogP contribution in [0.5, 0.6) is 0 Å². The van der Waals surface area contributed by atoms with Crippen LogP contribution >= 0.6 is 0 Å². The van der Waals surface area contributed by atoms with Gasteiger partial charge in [-0.3, -0.25) is 9.69 Å². The molecule has 0 saturated carbocycles. The van der Waals surface area contributed by atoms with Gasteiger partial charge in [0.15, 0.2) is 11.5 Å². The van der Waals surface area contributed by atoms with E-state index in [0.717, 1.165) is 11.3 Å². The lowest BCUT2D eigenvalue weighted by Crippen LogP contribution is -2.55. The Morgan fingerprint density at radius 1 is 1.27 bits per heavy atom. The Bertz CT molecular complexity index is 676. The second kappa shape index (κ2) is 7.41. The average molecular weight is 363 g/mol. The molecule has 2 amide bonds. The first-order valence-electron chi connectivity index (χ1n) is 8.71. The fourth-order valence-electron chi connectivity index (χ4n) is 3.78. The van der Waals surface area contributed by atoms with Crippen LogP contribution < -0.4 is 5.32 Å². The topological polar surface area (TPSA) is 80.3 Å². The van der Waals surface area contributed by atoms with Crippen molar-refractivity contribution in [3.8, 4) is 0 Å². The zero-order chi connectivity index (χ0) is 18.8. The number of carbonyl (C=O) groups excluding carboxylic acids is 2. The number of hydrogen-bond donors (Lipinski definition) is 1. The van der Waals surface area contributed by atoms with E-state index in [1.54, 1.807) is 32.1 Å². The number of fused-ring (bicyclic) bond motifs is 1. The van der Waals surface area contributed by atoms with E-state index in [4.69, 9.17) is 14.2 Å².